The Hall–Kier alpha value is -0.351. The monoisotopic (exact) mass is 456 g/mol. The van der Waals surface area contributed by atoms with E-state index in [2.05, 4.69) is 26.8 Å². The molecule has 1 rings (SSSR count). The summed E-state index contributed by atoms with van der Waals surface area (Å²) in [6, 6.07) is 7.00. The van der Waals surface area contributed by atoms with Gasteiger partial charge in [-0.15, -0.1) is 0 Å². The van der Waals surface area contributed by atoms with Crippen molar-refractivity contribution in [2.75, 3.05) is 0 Å². The van der Waals surface area contributed by atoms with E-state index in [0.29, 0.717) is 0 Å². The Morgan fingerprint density at radius 3 is 1.76 bits per heavy atom. The van der Waals surface area contributed by atoms with Crippen LogP contribution < -0.4 is 0 Å². The molecule has 0 aromatic heterocycles. The fourth-order valence-electron chi connectivity index (χ4n) is 3.77. The second-order valence-corrected chi connectivity index (χ2v) is 20.5. The minimum atomic E-state index is -2.66. The van der Waals surface area contributed by atoms with Crippen LogP contribution in [0.1, 0.15) is 71.8 Å². The van der Waals surface area contributed by atoms with Gasteiger partial charge in [-0.05, 0) is 0 Å². The van der Waals surface area contributed by atoms with Gasteiger partial charge in [-0.25, -0.2) is 0 Å². The van der Waals surface area contributed by atoms with Crippen molar-refractivity contribution in [2.45, 2.75) is 85.6 Å². The maximum absolute atomic E-state index is 13.5. The van der Waals surface area contributed by atoms with E-state index >= 15 is 0 Å². The molecule has 25 heavy (non-hydrogen) atoms. The summed E-state index contributed by atoms with van der Waals surface area (Å²) < 4.78 is 18.9. The summed E-state index contributed by atoms with van der Waals surface area (Å²) in [6.07, 6.45) is 9.17. The second kappa shape index (κ2) is 12.1. The maximum atomic E-state index is 13.5. The molecule has 0 unspecified atom stereocenters. The Balaban J connectivity index is 3.39. The van der Waals surface area contributed by atoms with Crippen LogP contribution >= 0.6 is 0 Å². The molecule has 1 N–H and O–H groups in total. The molecule has 0 aliphatic rings. The average Bonchev–Trinajstić information content (AvgIpc) is 2.60. The summed E-state index contributed by atoms with van der Waals surface area (Å²) >= 11 is -2.66. The van der Waals surface area contributed by atoms with E-state index in [-0.39, 0.29) is 5.82 Å². The van der Waals surface area contributed by atoms with Crippen LogP contribution in [0.5, 0.6) is 0 Å². The van der Waals surface area contributed by atoms with E-state index in [4.69, 9.17) is 0 Å². The molecule has 0 aliphatic carbocycles. The van der Waals surface area contributed by atoms with Crippen LogP contribution in [-0.2, 0) is 0 Å². The van der Waals surface area contributed by atoms with Crippen LogP contribution in [0, 0.1) is 5.82 Å². The quantitative estimate of drug-likeness (QED) is 0.337. The van der Waals surface area contributed by atoms with Gasteiger partial charge in [0.15, 0.2) is 0 Å². The van der Waals surface area contributed by atoms with Gasteiger partial charge >= 0.3 is 159 Å². The van der Waals surface area contributed by atoms with Crippen molar-refractivity contribution < 1.29 is 9.50 Å². The van der Waals surface area contributed by atoms with Gasteiger partial charge in [-0.3, -0.25) is 0 Å². The van der Waals surface area contributed by atoms with E-state index < -0.39 is 24.5 Å². The van der Waals surface area contributed by atoms with Crippen molar-refractivity contribution in [3.05, 3.63) is 41.7 Å². The molecular weight excluding hydrogens is 418 g/mol. The molecule has 1 aromatic carbocycles. The van der Waals surface area contributed by atoms with Crippen molar-refractivity contribution in [3.63, 3.8) is 0 Å². The number of halogens is 1. The second-order valence-electron chi connectivity index (χ2n) is 7.42. The molecule has 0 amide bonds. The molecule has 1 nitrogen and oxygen atoms in total. The standard InChI is InChI=1S/C10H10FO.3C4H9.Sn/c1-8(12)2-3-9-4-6-10(11)7-5-9;3*1-3-4-2;/h2,4-8,12H,1H3;3*1,3-4H2,2H3;/t8-;;;;/m0..../s1. The Morgan fingerprint density at radius 1 is 0.960 bits per heavy atom. The molecule has 0 radical (unpaired) electrons. The van der Waals surface area contributed by atoms with Gasteiger partial charge in [0.2, 0.25) is 0 Å². The summed E-state index contributed by atoms with van der Waals surface area (Å²) in [4.78, 5) is 0. The number of hydrogen-bond acceptors (Lipinski definition) is 1. The van der Waals surface area contributed by atoms with Gasteiger partial charge in [0.05, 0.1) is 0 Å². The molecular formula is C22H37FOSn. The van der Waals surface area contributed by atoms with E-state index in [1.807, 2.05) is 19.1 Å². The van der Waals surface area contributed by atoms with Gasteiger partial charge in [-0.1, -0.05) is 0 Å². The number of hydrogen-bond donors (Lipinski definition) is 1. The zero-order chi connectivity index (χ0) is 18.7. The summed E-state index contributed by atoms with van der Waals surface area (Å²) in [5.74, 6) is -0.184. The van der Waals surface area contributed by atoms with Crippen LogP contribution in [0.15, 0.2) is 30.3 Å². The topological polar surface area (TPSA) is 20.2 Å². The van der Waals surface area contributed by atoms with Crippen molar-refractivity contribution >= 4 is 22.0 Å². The summed E-state index contributed by atoms with van der Waals surface area (Å²) in [5.41, 5.74) is 1.15. The predicted octanol–water partition coefficient (Wildman–Crippen LogP) is 6.98. The number of benzene rings is 1. The Labute approximate surface area is 158 Å². The number of aliphatic hydroxyl groups excluding tert-OH is 1. The van der Waals surface area contributed by atoms with Gasteiger partial charge in [0, 0.05) is 0 Å². The van der Waals surface area contributed by atoms with E-state index in [1.54, 1.807) is 12.1 Å². The summed E-state index contributed by atoms with van der Waals surface area (Å²) in [6.45, 7) is 8.66. The fraction of sp³-hybridized carbons (Fsp3) is 0.636. The first kappa shape index (κ1) is 22.7. The van der Waals surface area contributed by atoms with Crippen molar-refractivity contribution in [1.29, 1.82) is 0 Å². The van der Waals surface area contributed by atoms with Crippen LogP contribution in [0.25, 0.3) is 3.59 Å². The van der Waals surface area contributed by atoms with E-state index in [0.717, 1.165) is 5.56 Å². The Morgan fingerprint density at radius 2 is 1.40 bits per heavy atom. The first-order chi connectivity index (χ1) is 12.0. The van der Waals surface area contributed by atoms with Gasteiger partial charge in [0.25, 0.3) is 0 Å². The molecule has 0 saturated carbocycles. The Kier molecular flexibility index (Phi) is 11.0. The molecule has 0 bridgehead atoms. The normalized spacial score (nSPS) is 13.9. The van der Waals surface area contributed by atoms with Crippen LogP contribution in [-0.4, -0.2) is 29.6 Å². The first-order valence-corrected chi connectivity index (χ1v) is 17.6. The first-order valence-electron chi connectivity index (χ1n) is 10.1. The molecule has 0 spiro atoms. The Bertz CT molecular complexity index is 485. The zero-order valence-corrected chi connectivity index (χ0v) is 19.5. The zero-order valence-electron chi connectivity index (χ0n) is 16.7. The molecule has 142 valence electrons. The third-order valence-electron chi connectivity index (χ3n) is 5.16. The molecule has 0 aliphatic heterocycles. The third-order valence-corrected chi connectivity index (χ3v) is 20.9. The molecule has 0 fully saturated rings. The van der Waals surface area contributed by atoms with Gasteiger partial charge in [-0.2, -0.15) is 0 Å². The SMILES string of the molecule is CCC[CH2][Sn]([CH2]CCC)([CH2]CCC)/[C](=C/[C@H](C)O)c1ccc(F)cc1. The molecule has 1 atom stereocenters. The van der Waals surface area contributed by atoms with Crippen LogP contribution in [0.4, 0.5) is 4.39 Å². The predicted molar refractivity (Wildman–Crippen MR) is 111 cm³/mol. The molecule has 1 aromatic rings. The van der Waals surface area contributed by atoms with Crippen LogP contribution in [0.2, 0.25) is 13.3 Å². The number of aliphatic hydroxyl groups is 1. The fourth-order valence-corrected chi connectivity index (χ4v) is 21.0. The van der Waals surface area contributed by atoms with Gasteiger partial charge in [0.1, 0.15) is 0 Å². The molecule has 0 saturated heterocycles. The summed E-state index contributed by atoms with van der Waals surface area (Å²) in [7, 11) is 0. The van der Waals surface area contributed by atoms with Crippen molar-refractivity contribution in [3.8, 4) is 0 Å². The van der Waals surface area contributed by atoms with E-state index in [9.17, 15) is 9.50 Å². The molecule has 3 heteroatoms. The minimum absolute atomic E-state index is 0.184. The molecule has 0 heterocycles. The van der Waals surface area contributed by atoms with E-state index in [1.165, 1.54) is 55.4 Å². The number of unbranched alkanes of at least 4 members (excludes halogenated alkanes) is 3. The summed E-state index contributed by atoms with van der Waals surface area (Å²) in [5, 5.41) is 10.2. The third kappa shape index (κ3) is 7.42. The average molecular weight is 455 g/mol. The van der Waals surface area contributed by atoms with Gasteiger partial charge < -0.3 is 0 Å². The van der Waals surface area contributed by atoms with Crippen molar-refractivity contribution in [2.24, 2.45) is 0 Å². The number of rotatable bonds is 12. The van der Waals surface area contributed by atoms with Crippen LogP contribution in [0.3, 0.4) is 0 Å². The van der Waals surface area contributed by atoms with Crippen molar-refractivity contribution in [1.82, 2.24) is 0 Å².